The number of para-hydroxylation sites is 1. The third-order valence-electron chi connectivity index (χ3n) is 7.89. The molecule has 0 aromatic heterocycles. The van der Waals surface area contributed by atoms with E-state index in [-0.39, 0.29) is 11.1 Å². The van der Waals surface area contributed by atoms with E-state index in [9.17, 15) is 32.7 Å². The number of carboxylic acid groups (broad SMARTS) is 1. The predicted molar refractivity (Wildman–Crippen MR) is 138 cm³/mol. The largest absolute Gasteiger partial charge is 0.480 e. The Bertz CT molecular complexity index is 1430. The normalized spacial score (nSPS) is 24.7. The van der Waals surface area contributed by atoms with Crippen molar-refractivity contribution in [1.29, 1.82) is 0 Å². The SMILES string of the molecule is CCc1cccc(CC)c1N1C(=O)C2C(c3cccc(C(F)(F)F)c3)NC(C(=O)O)(c3ccccc3)C2C1=O. The standard InChI is InChI=1S/C30H27F3N2O4/c1-3-17-10-8-11-18(4-2)25(17)35-26(36)22-23(27(35)37)29(28(38)39,20-13-6-5-7-14-20)34-24(22)19-12-9-15-21(16-19)30(31,32)33/h5-16,22-24,34H,3-4H2,1-2H3,(H,38,39). The third-order valence-corrected chi connectivity index (χ3v) is 7.89. The van der Waals surface area contributed by atoms with Crippen molar-refractivity contribution in [2.45, 2.75) is 44.4 Å². The van der Waals surface area contributed by atoms with E-state index < -0.39 is 52.9 Å². The van der Waals surface area contributed by atoms with Crippen LogP contribution in [0.1, 0.15) is 47.7 Å². The smallest absolute Gasteiger partial charge is 0.416 e. The molecule has 5 rings (SSSR count). The highest BCUT2D eigenvalue weighted by Gasteiger charge is 2.69. The molecular formula is C30H27F3N2O4. The number of benzene rings is 3. The van der Waals surface area contributed by atoms with Gasteiger partial charge in [-0.3, -0.25) is 14.9 Å². The van der Waals surface area contributed by atoms with E-state index in [0.717, 1.165) is 28.2 Å². The van der Waals surface area contributed by atoms with Crippen molar-refractivity contribution in [1.82, 2.24) is 5.32 Å². The van der Waals surface area contributed by atoms with Crippen LogP contribution in [0.2, 0.25) is 0 Å². The molecule has 0 radical (unpaired) electrons. The summed E-state index contributed by atoms with van der Waals surface area (Å²) >= 11 is 0. The lowest BCUT2D eigenvalue weighted by Gasteiger charge is -2.32. The van der Waals surface area contributed by atoms with Gasteiger partial charge in [0, 0.05) is 6.04 Å². The van der Waals surface area contributed by atoms with Gasteiger partial charge in [-0.2, -0.15) is 13.2 Å². The molecule has 2 aliphatic rings. The molecular weight excluding hydrogens is 509 g/mol. The fourth-order valence-corrected chi connectivity index (χ4v) is 6.11. The van der Waals surface area contributed by atoms with Crippen LogP contribution in [0.4, 0.5) is 18.9 Å². The summed E-state index contributed by atoms with van der Waals surface area (Å²) < 4.78 is 40.8. The van der Waals surface area contributed by atoms with Crippen molar-refractivity contribution in [2.75, 3.05) is 4.90 Å². The summed E-state index contributed by atoms with van der Waals surface area (Å²) in [7, 11) is 0. The van der Waals surface area contributed by atoms with Crippen LogP contribution in [0.25, 0.3) is 0 Å². The molecule has 0 saturated carbocycles. The molecule has 9 heteroatoms. The fourth-order valence-electron chi connectivity index (χ4n) is 6.11. The van der Waals surface area contributed by atoms with E-state index in [1.54, 1.807) is 30.3 Å². The van der Waals surface area contributed by atoms with Crippen molar-refractivity contribution in [3.63, 3.8) is 0 Å². The number of fused-ring (bicyclic) bond motifs is 1. The van der Waals surface area contributed by atoms with Gasteiger partial charge in [0.05, 0.1) is 23.1 Å². The fraction of sp³-hybridized carbons (Fsp3) is 0.300. The van der Waals surface area contributed by atoms with Gasteiger partial charge in [0.25, 0.3) is 0 Å². The summed E-state index contributed by atoms with van der Waals surface area (Å²) in [6.07, 6.45) is -3.60. The molecule has 202 valence electrons. The number of alkyl halides is 3. The number of rotatable bonds is 6. The molecule has 3 aromatic carbocycles. The minimum Gasteiger partial charge on any atom is -0.480 e. The quantitative estimate of drug-likeness (QED) is 0.420. The minimum absolute atomic E-state index is 0.0846. The van der Waals surface area contributed by atoms with Crippen molar-refractivity contribution < 1.29 is 32.7 Å². The number of amides is 2. The number of nitrogens with one attached hydrogen (secondary N) is 1. The molecule has 2 heterocycles. The van der Waals surface area contributed by atoms with Crippen LogP contribution in [-0.2, 0) is 38.9 Å². The Morgan fingerprint density at radius 1 is 0.923 bits per heavy atom. The number of imide groups is 1. The molecule has 2 fully saturated rings. The average Bonchev–Trinajstić information content (AvgIpc) is 3.42. The first-order valence-electron chi connectivity index (χ1n) is 12.8. The highest BCUT2D eigenvalue weighted by Crippen LogP contribution is 2.54. The zero-order valence-corrected chi connectivity index (χ0v) is 21.3. The first kappa shape index (κ1) is 26.6. The Hall–Kier alpha value is -3.98. The Balaban J connectivity index is 1.75. The van der Waals surface area contributed by atoms with Crippen LogP contribution in [0.3, 0.4) is 0 Å². The molecule has 4 unspecified atom stereocenters. The van der Waals surface area contributed by atoms with Crippen molar-refractivity contribution in [3.05, 3.63) is 101 Å². The number of hydrogen-bond acceptors (Lipinski definition) is 4. The second kappa shape index (κ2) is 9.64. The lowest BCUT2D eigenvalue weighted by atomic mass is 9.75. The zero-order chi connectivity index (χ0) is 28.1. The molecule has 0 bridgehead atoms. The van der Waals surface area contributed by atoms with Crippen LogP contribution in [0.15, 0.2) is 72.8 Å². The number of carbonyl (C=O) groups is 3. The van der Waals surface area contributed by atoms with Gasteiger partial charge >= 0.3 is 12.1 Å². The van der Waals surface area contributed by atoms with E-state index in [2.05, 4.69) is 5.32 Å². The van der Waals surface area contributed by atoms with E-state index in [4.69, 9.17) is 0 Å². The zero-order valence-electron chi connectivity index (χ0n) is 21.3. The number of nitrogens with zero attached hydrogens (tertiary/aromatic N) is 1. The van der Waals surface area contributed by atoms with E-state index in [1.807, 2.05) is 32.0 Å². The van der Waals surface area contributed by atoms with Gasteiger partial charge in [-0.15, -0.1) is 0 Å². The van der Waals surface area contributed by atoms with Crippen molar-refractivity contribution in [2.24, 2.45) is 11.8 Å². The van der Waals surface area contributed by atoms with Gasteiger partial charge in [-0.1, -0.05) is 74.5 Å². The summed E-state index contributed by atoms with van der Waals surface area (Å²) in [5.74, 6) is -5.34. The van der Waals surface area contributed by atoms with Gasteiger partial charge < -0.3 is 5.11 Å². The van der Waals surface area contributed by atoms with Gasteiger partial charge in [-0.25, -0.2) is 9.69 Å². The molecule has 6 nitrogen and oxygen atoms in total. The minimum atomic E-state index is -4.64. The maximum absolute atomic E-state index is 14.3. The number of aryl methyl sites for hydroxylation is 2. The summed E-state index contributed by atoms with van der Waals surface area (Å²) in [5.41, 5.74) is -0.711. The molecule has 2 aliphatic heterocycles. The molecule has 39 heavy (non-hydrogen) atoms. The first-order valence-corrected chi connectivity index (χ1v) is 12.8. The van der Waals surface area contributed by atoms with Crippen molar-refractivity contribution >= 4 is 23.5 Å². The van der Waals surface area contributed by atoms with E-state index >= 15 is 0 Å². The summed E-state index contributed by atoms with van der Waals surface area (Å²) in [6, 6.07) is 16.8. The van der Waals surface area contributed by atoms with Crippen LogP contribution >= 0.6 is 0 Å². The van der Waals surface area contributed by atoms with Crippen LogP contribution in [0, 0.1) is 11.8 Å². The topological polar surface area (TPSA) is 86.7 Å². The monoisotopic (exact) mass is 536 g/mol. The number of halogens is 3. The van der Waals surface area contributed by atoms with E-state index in [1.165, 1.54) is 12.1 Å². The molecule has 3 aromatic rings. The second-order valence-corrected chi connectivity index (χ2v) is 9.87. The summed E-state index contributed by atoms with van der Waals surface area (Å²) in [4.78, 5) is 42.6. The van der Waals surface area contributed by atoms with Gasteiger partial charge in [0.2, 0.25) is 11.8 Å². The number of carbonyl (C=O) groups excluding carboxylic acids is 2. The molecule has 2 amide bonds. The first-order chi connectivity index (χ1) is 18.6. The molecule has 2 N–H and O–H groups in total. The third kappa shape index (κ3) is 4.03. The van der Waals surface area contributed by atoms with Gasteiger partial charge in [0.1, 0.15) is 0 Å². The Labute approximate surface area is 223 Å². The predicted octanol–water partition coefficient (Wildman–Crippen LogP) is 5.26. The van der Waals surface area contributed by atoms with Crippen molar-refractivity contribution in [3.8, 4) is 0 Å². The summed E-state index contributed by atoms with van der Waals surface area (Å²) in [5, 5.41) is 13.6. The lowest BCUT2D eigenvalue weighted by molar-refractivity contribution is -0.149. The van der Waals surface area contributed by atoms with Crippen LogP contribution < -0.4 is 10.2 Å². The van der Waals surface area contributed by atoms with Crippen LogP contribution in [-0.4, -0.2) is 22.9 Å². The Kier molecular flexibility index (Phi) is 6.58. The number of aliphatic carboxylic acids is 1. The summed E-state index contributed by atoms with van der Waals surface area (Å²) in [6.45, 7) is 3.78. The lowest BCUT2D eigenvalue weighted by Crippen LogP contribution is -2.53. The molecule has 0 aliphatic carbocycles. The van der Waals surface area contributed by atoms with Crippen LogP contribution in [0.5, 0.6) is 0 Å². The van der Waals surface area contributed by atoms with Gasteiger partial charge in [0.15, 0.2) is 5.54 Å². The van der Waals surface area contributed by atoms with E-state index in [0.29, 0.717) is 18.5 Å². The maximum atomic E-state index is 14.3. The highest BCUT2D eigenvalue weighted by molar-refractivity contribution is 6.25. The number of anilines is 1. The molecule has 4 atom stereocenters. The van der Waals surface area contributed by atoms with Gasteiger partial charge in [-0.05, 0) is 47.2 Å². The maximum Gasteiger partial charge on any atom is 0.416 e. The average molecular weight is 537 g/mol. The Morgan fingerprint density at radius 2 is 1.54 bits per heavy atom. The Morgan fingerprint density at radius 3 is 2.10 bits per heavy atom. The number of hydrogen-bond donors (Lipinski definition) is 2. The second-order valence-electron chi connectivity index (χ2n) is 9.87. The number of carboxylic acids is 1. The highest BCUT2D eigenvalue weighted by atomic mass is 19.4. The molecule has 2 saturated heterocycles. The molecule has 0 spiro atoms.